The molecular weight excluding hydrogens is 458 g/mol. The van der Waals surface area contributed by atoms with Gasteiger partial charge in [0.05, 0.1) is 18.3 Å². The monoisotopic (exact) mass is 487 g/mol. The van der Waals surface area contributed by atoms with Crippen LogP contribution in [0.4, 0.5) is 0 Å². The van der Waals surface area contributed by atoms with Crippen molar-refractivity contribution in [3.05, 3.63) is 52.3 Å². The van der Waals surface area contributed by atoms with Gasteiger partial charge in [0.15, 0.2) is 5.03 Å². The van der Waals surface area contributed by atoms with Crippen LogP contribution in [0.5, 0.6) is 0 Å². The summed E-state index contributed by atoms with van der Waals surface area (Å²) < 4.78 is 32.0. The number of aryl methyl sites for hydroxylation is 1. The number of sulfonamides is 1. The molecule has 1 amide bonds. The van der Waals surface area contributed by atoms with Crippen LogP contribution in [0.1, 0.15) is 36.6 Å². The van der Waals surface area contributed by atoms with Crippen LogP contribution in [0.15, 0.2) is 40.6 Å². The zero-order valence-electron chi connectivity index (χ0n) is 19.5. The number of amides is 1. The Hall–Kier alpha value is -2.76. The highest BCUT2D eigenvalue weighted by Gasteiger charge is 2.60. The number of carbonyl (C=O) groups is 1. The molecule has 0 spiro atoms. The van der Waals surface area contributed by atoms with E-state index in [1.807, 2.05) is 0 Å². The number of aromatic nitrogens is 3. The summed E-state index contributed by atoms with van der Waals surface area (Å²) in [6.45, 7) is -0.305. The molecule has 0 aromatic carbocycles. The second-order valence-electron chi connectivity index (χ2n) is 9.54. The number of allylic oxidation sites excluding steroid dienone is 2. The van der Waals surface area contributed by atoms with Crippen molar-refractivity contribution in [2.75, 3.05) is 20.7 Å². The van der Waals surface area contributed by atoms with E-state index in [-0.39, 0.29) is 29.6 Å². The second kappa shape index (κ2) is 8.17. The molecule has 2 aromatic heterocycles. The molecule has 1 N–H and O–H groups in total. The Labute approximate surface area is 198 Å². The highest BCUT2D eigenvalue weighted by Crippen LogP contribution is 2.51. The van der Waals surface area contributed by atoms with Crippen molar-refractivity contribution in [1.82, 2.24) is 23.3 Å². The van der Waals surface area contributed by atoms with E-state index >= 15 is 0 Å². The molecule has 2 bridgehead atoms. The lowest BCUT2D eigenvalue weighted by Crippen LogP contribution is -2.49. The van der Waals surface area contributed by atoms with Gasteiger partial charge in [-0.2, -0.15) is 4.31 Å². The number of aliphatic hydroxyl groups is 1. The van der Waals surface area contributed by atoms with Crippen molar-refractivity contribution < 1.29 is 18.3 Å². The Balaban J connectivity index is 1.71. The summed E-state index contributed by atoms with van der Waals surface area (Å²) >= 11 is 0. The van der Waals surface area contributed by atoms with Crippen molar-refractivity contribution in [2.24, 2.45) is 18.9 Å². The quantitative estimate of drug-likeness (QED) is 0.660. The van der Waals surface area contributed by atoms with Gasteiger partial charge in [0.1, 0.15) is 0 Å². The number of hydrogen-bond donors (Lipinski definition) is 1. The van der Waals surface area contributed by atoms with Crippen LogP contribution in [0, 0.1) is 11.8 Å². The van der Waals surface area contributed by atoms with E-state index in [1.54, 1.807) is 42.4 Å². The van der Waals surface area contributed by atoms with E-state index in [2.05, 4.69) is 11.1 Å². The maximum absolute atomic E-state index is 13.8. The van der Waals surface area contributed by atoms with Gasteiger partial charge in [0.2, 0.25) is 5.91 Å². The molecule has 4 heterocycles. The number of carbonyl (C=O) groups excluding carboxylic acids is 1. The molecule has 1 fully saturated rings. The number of hydrogen-bond acceptors (Lipinski definition) is 6. The van der Waals surface area contributed by atoms with Crippen LogP contribution in [-0.4, -0.2) is 69.5 Å². The first-order valence-corrected chi connectivity index (χ1v) is 12.9. The maximum atomic E-state index is 13.8. The van der Waals surface area contributed by atoms with Crippen molar-refractivity contribution >= 4 is 21.5 Å². The SMILES string of the molecule is CN(C)C(=O)[C@H]1[C@H](CO)[C@H]2Cn3c(ccc(C4=CCCC4)c3=O)[C@@H]1N2S(=O)(=O)c1cn(C)cn1. The molecule has 1 saturated heterocycles. The van der Waals surface area contributed by atoms with Gasteiger partial charge in [-0.15, -0.1) is 0 Å². The second-order valence-corrected chi connectivity index (χ2v) is 11.3. The molecule has 4 atom stereocenters. The van der Waals surface area contributed by atoms with E-state index in [0.29, 0.717) is 11.3 Å². The molecule has 11 heteroatoms. The number of aliphatic hydroxyl groups excluding tert-OH is 1. The molecule has 182 valence electrons. The molecule has 34 heavy (non-hydrogen) atoms. The Kier molecular flexibility index (Phi) is 5.53. The Morgan fingerprint density at radius 2 is 2.06 bits per heavy atom. The molecule has 2 aromatic rings. The Morgan fingerprint density at radius 3 is 2.65 bits per heavy atom. The average molecular weight is 488 g/mol. The average Bonchev–Trinajstić information content (AvgIpc) is 3.52. The van der Waals surface area contributed by atoms with E-state index in [9.17, 15) is 23.1 Å². The largest absolute Gasteiger partial charge is 0.396 e. The van der Waals surface area contributed by atoms with Crippen LogP contribution >= 0.6 is 0 Å². The Morgan fingerprint density at radius 1 is 1.29 bits per heavy atom. The fourth-order valence-corrected chi connectivity index (χ4v) is 7.57. The summed E-state index contributed by atoms with van der Waals surface area (Å²) in [5, 5.41) is 10.2. The van der Waals surface area contributed by atoms with Crippen molar-refractivity contribution in [1.29, 1.82) is 0 Å². The fourth-order valence-electron chi connectivity index (χ4n) is 5.75. The number of rotatable bonds is 5. The minimum Gasteiger partial charge on any atom is -0.396 e. The zero-order chi connectivity index (χ0) is 24.4. The minimum absolute atomic E-state index is 0.0697. The number of fused-ring (bicyclic) bond motifs is 4. The zero-order valence-corrected chi connectivity index (χ0v) is 20.3. The number of pyridine rings is 1. The predicted octanol–water partition coefficient (Wildman–Crippen LogP) is 0.590. The van der Waals surface area contributed by atoms with Gasteiger partial charge in [0, 0.05) is 63.7 Å². The van der Waals surface area contributed by atoms with E-state index in [1.165, 1.54) is 21.7 Å². The summed E-state index contributed by atoms with van der Waals surface area (Å²) in [4.78, 5) is 32.3. The Bertz CT molecular complexity index is 1340. The first-order valence-electron chi connectivity index (χ1n) is 11.4. The van der Waals surface area contributed by atoms with Gasteiger partial charge < -0.3 is 19.1 Å². The van der Waals surface area contributed by atoms with E-state index in [4.69, 9.17) is 0 Å². The summed E-state index contributed by atoms with van der Waals surface area (Å²) in [7, 11) is 0.801. The lowest BCUT2D eigenvalue weighted by molar-refractivity contribution is -0.135. The lowest BCUT2D eigenvalue weighted by atomic mass is 9.86. The van der Waals surface area contributed by atoms with Crippen LogP contribution in [0.3, 0.4) is 0 Å². The first-order chi connectivity index (χ1) is 16.2. The molecule has 2 aliphatic heterocycles. The molecule has 10 nitrogen and oxygen atoms in total. The third-order valence-electron chi connectivity index (χ3n) is 7.32. The van der Waals surface area contributed by atoms with Crippen LogP contribution in [0.2, 0.25) is 0 Å². The maximum Gasteiger partial charge on any atom is 0.263 e. The fraction of sp³-hybridized carbons (Fsp3) is 0.522. The van der Waals surface area contributed by atoms with Gasteiger partial charge in [-0.25, -0.2) is 13.4 Å². The highest BCUT2D eigenvalue weighted by molar-refractivity contribution is 7.89. The van der Waals surface area contributed by atoms with Crippen LogP contribution < -0.4 is 5.56 Å². The minimum atomic E-state index is -4.10. The number of nitrogens with zero attached hydrogens (tertiary/aromatic N) is 5. The van der Waals surface area contributed by atoms with Crippen molar-refractivity contribution in [3.8, 4) is 0 Å². The van der Waals surface area contributed by atoms with Gasteiger partial charge in [-0.3, -0.25) is 9.59 Å². The predicted molar refractivity (Wildman–Crippen MR) is 124 cm³/mol. The molecule has 3 aliphatic rings. The van der Waals surface area contributed by atoms with Gasteiger partial charge in [-0.05, 0) is 37.0 Å². The summed E-state index contributed by atoms with van der Waals surface area (Å²) in [6, 6.07) is 1.85. The molecule has 5 rings (SSSR count). The van der Waals surface area contributed by atoms with Crippen LogP contribution in [-0.2, 0) is 28.4 Å². The van der Waals surface area contributed by atoms with Crippen molar-refractivity contribution in [3.63, 3.8) is 0 Å². The third kappa shape index (κ3) is 3.29. The van der Waals surface area contributed by atoms with Gasteiger partial charge >= 0.3 is 0 Å². The summed E-state index contributed by atoms with van der Waals surface area (Å²) in [5.74, 6) is -1.77. The molecule has 0 unspecified atom stereocenters. The lowest BCUT2D eigenvalue weighted by Gasteiger charge is -2.37. The van der Waals surface area contributed by atoms with Crippen molar-refractivity contribution in [2.45, 2.75) is 42.9 Å². The molecule has 0 radical (unpaired) electrons. The molecule has 0 saturated carbocycles. The summed E-state index contributed by atoms with van der Waals surface area (Å²) in [5.41, 5.74) is 1.93. The molecular formula is C23H29N5O5S. The van der Waals surface area contributed by atoms with E-state index < -0.39 is 33.9 Å². The third-order valence-corrected chi connectivity index (χ3v) is 9.12. The van der Waals surface area contributed by atoms with Gasteiger partial charge in [-0.1, -0.05) is 6.08 Å². The summed E-state index contributed by atoms with van der Waals surface area (Å²) in [6.07, 6.45) is 7.68. The van der Waals surface area contributed by atoms with Crippen LogP contribution in [0.25, 0.3) is 5.57 Å². The first kappa shape index (κ1) is 23.0. The smallest absolute Gasteiger partial charge is 0.263 e. The van der Waals surface area contributed by atoms with E-state index in [0.717, 1.165) is 24.8 Å². The standard InChI is InChI=1S/C23H29N5O5S/c1-25(2)23(31)20-16(12-29)18-10-27-17(9-8-15(22(27)30)14-6-4-5-7-14)21(20)28(18)34(32,33)19-11-26(3)13-24-19/h6,8-9,11,13,16,18,20-21,29H,4-5,7,10,12H2,1-3H3/t16-,18-,20+,21+/m1/s1. The molecule has 1 aliphatic carbocycles. The highest BCUT2D eigenvalue weighted by atomic mass is 32.2. The van der Waals surface area contributed by atoms with Gasteiger partial charge in [0.25, 0.3) is 15.6 Å². The number of imidazole rings is 1. The topological polar surface area (TPSA) is 118 Å². The normalized spacial score (nSPS) is 26.4.